The molecule has 2 aromatic rings. The number of amides is 2. The first-order chi connectivity index (χ1) is 15.6. The lowest BCUT2D eigenvalue weighted by Crippen LogP contribution is -2.38. The van der Waals surface area contributed by atoms with E-state index >= 15 is 0 Å². The van der Waals surface area contributed by atoms with Gasteiger partial charge in [-0.1, -0.05) is 30.3 Å². The van der Waals surface area contributed by atoms with Crippen molar-refractivity contribution in [2.45, 2.75) is 19.9 Å². The second-order valence-corrected chi connectivity index (χ2v) is 7.47. The number of ether oxygens (including phenoxy) is 2. The van der Waals surface area contributed by atoms with Crippen LogP contribution in [-0.2, 0) is 20.9 Å². The zero-order valence-electron chi connectivity index (χ0n) is 18.5. The summed E-state index contributed by atoms with van der Waals surface area (Å²) in [5.74, 6) is 0.529. The van der Waals surface area contributed by atoms with Gasteiger partial charge < -0.3 is 20.1 Å². The molecule has 7 nitrogen and oxygen atoms in total. The van der Waals surface area contributed by atoms with Crippen LogP contribution in [-0.4, -0.2) is 56.2 Å². The molecule has 2 amide bonds. The third kappa shape index (κ3) is 7.83. The molecule has 0 aromatic heterocycles. The quantitative estimate of drug-likeness (QED) is 0.559. The van der Waals surface area contributed by atoms with Crippen molar-refractivity contribution in [1.29, 1.82) is 0 Å². The molecule has 1 heterocycles. The van der Waals surface area contributed by atoms with E-state index in [4.69, 9.17) is 9.47 Å². The highest BCUT2D eigenvalue weighted by molar-refractivity contribution is 5.92. The molecule has 1 saturated heterocycles. The Morgan fingerprint density at radius 1 is 1.12 bits per heavy atom. The summed E-state index contributed by atoms with van der Waals surface area (Å²) >= 11 is 0. The molecule has 170 valence electrons. The van der Waals surface area contributed by atoms with Gasteiger partial charge in [0.15, 0.2) is 0 Å². The van der Waals surface area contributed by atoms with Crippen molar-refractivity contribution in [3.63, 3.8) is 0 Å². The van der Waals surface area contributed by atoms with Gasteiger partial charge in [-0.3, -0.25) is 14.5 Å². The van der Waals surface area contributed by atoms with Gasteiger partial charge >= 0.3 is 0 Å². The van der Waals surface area contributed by atoms with E-state index in [1.54, 1.807) is 6.08 Å². The fraction of sp³-hybridized carbons (Fsp3) is 0.360. The monoisotopic (exact) mass is 437 g/mol. The minimum Gasteiger partial charge on any atom is -0.493 e. The molecule has 0 aliphatic carbocycles. The summed E-state index contributed by atoms with van der Waals surface area (Å²) < 4.78 is 10.9. The molecule has 0 saturated carbocycles. The van der Waals surface area contributed by atoms with Gasteiger partial charge in [-0.05, 0) is 36.8 Å². The Morgan fingerprint density at radius 3 is 2.75 bits per heavy atom. The molecule has 2 aromatic carbocycles. The van der Waals surface area contributed by atoms with E-state index in [2.05, 4.69) is 15.5 Å². The van der Waals surface area contributed by atoms with Gasteiger partial charge in [0.05, 0.1) is 19.8 Å². The highest BCUT2D eigenvalue weighted by Crippen LogP contribution is 2.19. The molecular weight excluding hydrogens is 406 g/mol. The largest absolute Gasteiger partial charge is 0.493 e. The zero-order chi connectivity index (χ0) is 22.6. The number of hydrogen-bond donors (Lipinski definition) is 2. The van der Waals surface area contributed by atoms with Crippen LogP contribution in [0.4, 0.5) is 5.69 Å². The number of nitrogens with zero attached hydrogens (tertiary/aromatic N) is 1. The van der Waals surface area contributed by atoms with Gasteiger partial charge in [0.2, 0.25) is 11.8 Å². The van der Waals surface area contributed by atoms with E-state index in [1.807, 2.05) is 55.5 Å². The lowest BCUT2D eigenvalue weighted by atomic mass is 10.1. The molecule has 1 aliphatic heterocycles. The predicted molar refractivity (Wildman–Crippen MR) is 125 cm³/mol. The summed E-state index contributed by atoms with van der Waals surface area (Å²) in [7, 11) is 0. The average molecular weight is 438 g/mol. The number of carbonyl (C=O) groups is 2. The molecule has 2 N–H and O–H groups in total. The van der Waals surface area contributed by atoms with Gasteiger partial charge in [-0.25, -0.2) is 0 Å². The maximum Gasteiger partial charge on any atom is 0.244 e. The molecular formula is C25H31N3O4. The van der Waals surface area contributed by atoms with Crippen LogP contribution in [0.25, 0.3) is 6.08 Å². The summed E-state index contributed by atoms with van der Waals surface area (Å²) in [6.07, 6.45) is 3.68. The van der Waals surface area contributed by atoms with Gasteiger partial charge in [0.25, 0.3) is 0 Å². The fourth-order valence-electron chi connectivity index (χ4n) is 3.39. The molecule has 0 radical (unpaired) electrons. The van der Waals surface area contributed by atoms with E-state index in [9.17, 15) is 9.59 Å². The summed E-state index contributed by atoms with van der Waals surface area (Å²) in [5.41, 5.74) is 2.49. The van der Waals surface area contributed by atoms with Crippen LogP contribution >= 0.6 is 0 Å². The molecule has 1 fully saturated rings. The SMILES string of the molecule is CCOc1ccccc1C=CC(=O)NCc1cccc(NC(=O)CCN2CCOCC2)c1. The minimum absolute atomic E-state index is 0.0198. The second-order valence-electron chi connectivity index (χ2n) is 7.47. The number of hydrogen-bond acceptors (Lipinski definition) is 5. The third-order valence-electron chi connectivity index (χ3n) is 5.07. The molecule has 0 atom stereocenters. The molecule has 32 heavy (non-hydrogen) atoms. The molecule has 1 aliphatic rings. The summed E-state index contributed by atoms with van der Waals surface area (Å²) in [6, 6.07) is 15.1. The smallest absolute Gasteiger partial charge is 0.244 e. The van der Waals surface area contributed by atoms with Crippen LogP contribution in [0, 0.1) is 0 Å². The highest BCUT2D eigenvalue weighted by Gasteiger charge is 2.12. The first-order valence-corrected chi connectivity index (χ1v) is 11.0. The van der Waals surface area contributed by atoms with Crippen LogP contribution in [0.1, 0.15) is 24.5 Å². The van der Waals surface area contributed by atoms with Gasteiger partial charge in [-0.2, -0.15) is 0 Å². The average Bonchev–Trinajstić information content (AvgIpc) is 2.82. The maximum absolute atomic E-state index is 12.3. The van der Waals surface area contributed by atoms with Crippen LogP contribution in [0.15, 0.2) is 54.6 Å². The Bertz CT molecular complexity index is 923. The van der Waals surface area contributed by atoms with Gasteiger partial charge in [0.1, 0.15) is 5.75 Å². The van der Waals surface area contributed by atoms with Crippen molar-refractivity contribution in [3.05, 3.63) is 65.7 Å². The zero-order valence-corrected chi connectivity index (χ0v) is 18.5. The number of anilines is 1. The van der Waals surface area contributed by atoms with E-state index in [0.29, 0.717) is 19.6 Å². The van der Waals surface area contributed by atoms with E-state index in [0.717, 1.165) is 55.4 Å². The van der Waals surface area contributed by atoms with E-state index in [-0.39, 0.29) is 11.8 Å². The van der Waals surface area contributed by atoms with Crippen molar-refractivity contribution < 1.29 is 19.1 Å². The number of nitrogens with one attached hydrogen (secondary N) is 2. The lowest BCUT2D eigenvalue weighted by Gasteiger charge is -2.26. The Kier molecular flexibility index (Phi) is 9.28. The predicted octanol–water partition coefficient (Wildman–Crippen LogP) is 3.08. The number of morpholine rings is 1. The number of carbonyl (C=O) groups excluding carboxylic acids is 2. The van der Waals surface area contributed by atoms with Crippen LogP contribution in [0.3, 0.4) is 0 Å². The number of rotatable bonds is 10. The molecule has 0 spiro atoms. The second kappa shape index (κ2) is 12.6. The Labute approximate surface area is 189 Å². The van der Waals surface area contributed by atoms with Crippen LogP contribution in [0.2, 0.25) is 0 Å². The maximum atomic E-state index is 12.3. The van der Waals surface area contributed by atoms with Crippen molar-refractivity contribution in [3.8, 4) is 5.75 Å². The molecule has 0 bridgehead atoms. The van der Waals surface area contributed by atoms with E-state index in [1.165, 1.54) is 6.08 Å². The highest BCUT2D eigenvalue weighted by atomic mass is 16.5. The standard InChI is InChI=1S/C25H31N3O4/c1-2-32-23-9-4-3-7-21(23)10-11-24(29)26-19-20-6-5-8-22(18-20)27-25(30)12-13-28-14-16-31-17-15-28/h3-11,18H,2,12-17,19H2,1H3,(H,26,29)(H,27,30). The summed E-state index contributed by atoms with van der Waals surface area (Å²) in [5, 5.41) is 5.81. The van der Waals surface area contributed by atoms with Crippen molar-refractivity contribution in [2.75, 3.05) is 44.8 Å². The molecule has 0 unspecified atom stereocenters. The van der Waals surface area contributed by atoms with Gasteiger partial charge in [0, 0.05) is 49.9 Å². The Morgan fingerprint density at radius 2 is 1.94 bits per heavy atom. The Hall–Kier alpha value is -3.16. The van der Waals surface area contributed by atoms with Crippen LogP contribution < -0.4 is 15.4 Å². The first-order valence-electron chi connectivity index (χ1n) is 11.0. The lowest BCUT2D eigenvalue weighted by molar-refractivity contribution is -0.117. The van der Waals surface area contributed by atoms with Crippen molar-refractivity contribution >= 4 is 23.6 Å². The summed E-state index contributed by atoms with van der Waals surface area (Å²) in [4.78, 5) is 26.7. The topological polar surface area (TPSA) is 79.9 Å². The fourth-order valence-corrected chi connectivity index (χ4v) is 3.39. The molecule has 3 rings (SSSR count). The molecule has 7 heteroatoms. The summed E-state index contributed by atoms with van der Waals surface area (Å²) in [6.45, 7) is 6.78. The van der Waals surface area contributed by atoms with Crippen LogP contribution in [0.5, 0.6) is 5.75 Å². The third-order valence-corrected chi connectivity index (χ3v) is 5.07. The normalized spacial score (nSPS) is 14.3. The Balaban J connectivity index is 1.46. The van der Waals surface area contributed by atoms with Crippen molar-refractivity contribution in [2.24, 2.45) is 0 Å². The number of para-hydroxylation sites is 1. The van der Waals surface area contributed by atoms with E-state index < -0.39 is 0 Å². The first kappa shape index (κ1) is 23.5. The minimum atomic E-state index is -0.198. The number of benzene rings is 2. The van der Waals surface area contributed by atoms with Crippen molar-refractivity contribution in [1.82, 2.24) is 10.2 Å². The van der Waals surface area contributed by atoms with Gasteiger partial charge in [-0.15, -0.1) is 0 Å².